The van der Waals surface area contributed by atoms with Crippen LogP contribution in [-0.2, 0) is 0 Å². The molecule has 3 nitrogen and oxygen atoms in total. The zero-order chi connectivity index (χ0) is 7.68. The Labute approximate surface area is 65.1 Å². The molecule has 0 bridgehead atoms. The molecule has 1 N–H and O–H groups in total. The van der Waals surface area contributed by atoms with Crippen LogP contribution in [-0.4, -0.2) is 15.1 Å². The second-order valence-electron chi connectivity index (χ2n) is 2.95. The van der Waals surface area contributed by atoms with E-state index in [0.717, 1.165) is 18.4 Å². The average molecular weight is 150 g/mol. The molecule has 1 saturated carbocycles. The largest absolute Gasteiger partial charge is 0.388 e. The molecule has 3 heteroatoms. The molecule has 0 aliphatic heterocycles. The van der Waals surface area contributed by atoms with E-state index >= 15 is 0 Å². The number of rotatable bonds is 2. The van der Waals surface area contributed by atoms with Crippen LogP contribution in [0.2, 0.25) is 0 Å². The molecule has 0 aromatic carbocycles. The molecule has 0 radical (unpaired) electrons. The Bertz CT molecular complexity index is 233. The number of hydrogen-bond donors (Lipinski definition) is 1. The average Bonchev–Trinajstić information content (AvgIpc) is 2.87. The summed E-state index contributed by atoms with van der Waals surface area (Å²) in [4.78, 5) is 7.69. The van der Waals surface area contributed by atoms with E-state index in [1.807, 2.05) is 0 Å². The Balaban J connectivity index is 2.15. The van der Waals surface area contributed by atoms with Crippen molar-refractivity contribution in [3.8, 4) is 0 Å². The molecule has 1 heterocycles. The van der Waals surface area contributed by atoms with E-state index in [2.05, 4.69) is 9.97 Å². The highest BCUT2D eigenvalue weighted by Gasteiger charge is 2.30. The maximum Gasteiger partial charge on any atom is 0.115 e. The topological polar surface area (TPSA) is 46.0 Å². The fourth-order valence-corrected chi connectivity index (χ4v) is 1.15. The number of aliphatic hydroxyl groups is 1. The highest BCUT2D eigenvalue weighted by Crippen LogP contribution is 2.40. The molecule has 0 spiro atoms. The van der Waals surface area contributed by atoms with Gasteiger partial charge in [-0.2, -0.15) is 0 Å². The van der Waals surface area contributed by atoms with Crippen LogP contribution in [0.3, 0.4) is 0 Å². The van der Waals surface area contributed by atoms with Crippen LogP contribution in [0.1, 0.15) is 24.5 Å². The molecule has 0 amide bonds. The fourth-order valence-electron chi connectivity index (χ4n) is 1.15. The third kappa shape index (κ3) is 1.38. The summed E-state index contributed by atoms with van der Waals surface area (Å²) in [6, 6.07) is 0. The Morgan fingerprint density at radius 2 is 2.00 bits per heavy atom. The van der Waals surface area contributed by atoms with E-state index in [-0.39, 0.29) is 6.10 Å². The standard InChI is InChI=1S/C8H10N2O/c11-8(6-1-2-6)7-3-9-5-10-4-7/h3-6,8,11H,1-2H2. The quantitative estimate of drug-likeness (QED) is 0.681. The van der Waals surface area contributed by atoms with E-state index in [1.165, 1.54) is 6.33 Å². The minimum atomic E-state index is -0.337. The van der Waals surface area contributed by atoms with Gasteiger partial charge in [0.05, 0.1) is 6.10 Å². The molecule has 58 valence electrons. The van der Waals surface area contributed by atoms with E-state index in [9.17, 15) is 5.11 Å². The van der Waals surface area contributed by atoms with Gasteiger partial charge in [0.1, 0.15) is 6.33 Å². The number of nitrogens with zero attached hydrogens (tertiary/aromatic N) is 2. The molecule has 1 aliphatic rings. The molecule has 2 rings (SSSR count). The van der Waals surface area contributed by atoms with Crippen molar-refractivity contribution in [3.63, 3.8) is 0 Å². The van der Waals surface area contributed by atoms with Gasteiger partial charge in [0, 0.05) is 18.0 Å². The van der Waals surface area contributed by atoms with Gasteiger partial charge in [0.15, 0.2) is 0 Å². The lowest BCUT2D eigenvalue weighted by molar-refractivity contribution is 0.153. The molecular formula is C8H10N2O. The molecule has 1 aromatic rings. The predicted molar refractivity (Wildman–Crippen MR) is 39.7 cm³/mol. The van der Waals surface area contributed by atoms with E-state index in [0.29, 0.717) is 5.92 Å². The van der Waals surface area contributed by atoms with Crippen LogP contribution in [0.15, 0.2) is 18.7 Å². The first-order chi connectivity index (χ1) is 5.38. The summed E-state index contributed by atoms with van der Waals surface area (Å²) in [5.41, 5.74) is 0.843. The van der Waals surface area contributed by atoms with Crippen molar-refractivity contribution in [2.45, 2.75) is 18.9 Å². The minimum Gasteiger partial charge on any atom is -0.388 e. The van der Waals surface area contributed by atoms with E-state index in [4.69, 9.17) is 0 Å². The van der Waals surface area contributed by atoms with E-state index in [1.54, 1.807) is 12.4 Å². The summed E-state index contributed by atoms with van der Waals surface area (Å²) >= 11 is 0. The van der Waals surface area contributed by atoms with Crippen molar-refractivity contribution in [1.29, 1.82) is 0 Å². The van der Waals surface area contributed by atoms with Gasteiger partial charge in [-0.1, -0.05) is 0 Å². The predicted octanol–water partition coefficient (Wildman–Crippen LogP) is 0.920. The van der Waals surface area contributed by atoms with Gasteiger partial charge in [-0.15, -0.1) is 0 Å². The Morgan fingerprint density at radius 3 is 2.55 bits per heavy atom. The summed E-state index contributed by atoms with van der Waals surface area (Å²) in [7, 11) is 0. The highest BCUT2D eigenvalue weighted by atomic mass is 16.3. The van der Waals surface area contributed by atoms with Crippen molar-refractivity contribution in [3.05, 3.63) is 24.3 Å². The lowest BCUT2D eigenvalue weighted by Gasteiger charge is -2.06. The molecule has 1 unspecified atom stereocenters. The van der Waals surface area contributed by atoms with Gasteiger partial charge in [0.2, 0.25) is 0 Å². The zero-order valence-electron chi connectivity index (χ0n) is 6.14. The Hall–Kier alpha value is -0.960. The summed E-state index contributed by atoms with van der Waals surface area (Å²) in [6.45, 7) is 0. The lowest BCUT2D eigenvalue weighted by atomic mass is 10.1. The first-order valence-corrected chi connectivity index (χ1v) is 3.81. The second-order valence-corrected chi connectivity index (χ2v) is 2.95. The second kappa shape index (κ2) is 2.58. The van der Waals surface area contributed by atoms with Gasteiger partial charge in [-0.3, -0.25) is 0 Å². The maximum atomic E-state index is 9.58. The van der Waals surface area contributed by atoms with Crippen LogP contribution in [0.25, 0.3) is 0 Å². The fraction of sp³-hybridized carbons (Fsp3) is 0.500. The van der Waals surface area contributed by atoms with Crippen molar-refractivity contribution in [2.24, 2.45) is 5.92 Å². The Morgan fingerprint density at radius 1 is 1.36 bits per heavy atom. The van der Waals surface area contributed by atoms with Crippen molar-refractivity contribution < 1.29 is 5.11 Å². The Kier molecular flexibility index (Phi) is 1.58. The van der Waals surface area contributed by atoms with Crippen LogP contribution in [0.5, 0.6) is 0 Å². The van der Waals surface area contributed by atoms with Gasteiger partial charge in [0.25, 0.3) is 0 Å². The van der Waals surface area contributed by atoms with Crippen LogP contribution < -0.4 is 0 Å². The lowest BCUT2D eigenvalue weighted by Crippen LogP contribution is -2.00. The normalized spacial score (nSPS) is 19.7. The molecule has 1 aromatic heterocycles. The number of hydrogen-bond acceptors (Lipinski definition) is 3. The third-order valence-electron chi connectivity index (χ3n) is 1.99. The summed E-state index contributed by atoms with van der Waals surface area (Å²) < 4.78 is 0. The van der Waals surface area contributed by atoms with Crippen LogP contribution in [0.4, 0.5) is 0 Å². The van der Waals surface area contributed by atoms with Gasteiger partial charge in [-0.25, -0.2) is 9.97 Å². The SMILES string of the molecule is OC(c1cncnc1)C1CC1. The maximum absolute atomic E-state index is 9.58. The first kappa shape index (κ1) is 6.73. The summed E-state index contributed by atoms with van der Waals surface area (Å²) in [5.74, 6) is 0.459. The summed E-state index contributed by atoms with van der Waals surface area (Å²) in [5, 5.41) is 9.58. The molecule has 11 heavy (non-hydrogen) atoms. The van der Waals surface area contributed by atoms with Gasteiger partial charge < -0.3 is 5.11 Å². The molecule has 1 fully saturated rings. The van der Waals surface area contributed by atoms with Crippen LogP contribution in [0, 0.1) is 5.92 Å². The summed E-state index contributed by atoms with van der Waals surface area (Å²) in [6.07, 6.45) is 6.76. The monoisotopic (exact) mass is 150 g/mol. The third-order valence-corrected chi connectivity index (χ3v) is 1.99. The highest BCUT2D eigenvalue weighted by molar-refractivity contribution is 5.09. The first-order valence-electron chi connectivity index (χ1n) is 3.81. The van der Waals surface area contributed by atoms with Crippen molar-refractivity contribution >= 4 is 0 Å². The molecular weight excluding hydrogens is 140 g/mol. The van der Waals surface area contributed by atoms with Crippen molar-refractivity contribution in [2.75, 3.05) is 0 Å². The van der Waals surface area contributed by atoms with Crippen molar-refractivity contribution in [1.82, 2.24) is 9.97 Å². The molecule has 1 atom stereocenters. The number of aliphatic hydroxyl groups excluding tert-OH is 1. The van der Waals surface area contributed by atoms with Gasteiger partial charge >= 0.3 is 0 Å². The minimum absolute atomic E-state index is 0.337. The van der Waals surface area contributed by atoms with E-state index < -0.39 is 0 Å². The van der Waals surface area contributed by atoms with Crippen LogP contribution >= 0.6 is 0 Å². The molecule has 0 saturated heterocycles. The smallest absolute Gasteiger partial charge is 0.115 e. The zero-order valence-corrected chi connectivity index (χ0v) is 6.14. The molecule has 1 aliphatic carbocycles. The number of aromatic nitrogens is 2. The van der Waals surface area contributed by atoms with Gasteiger partial charge in [-0.05, 0) is 18.8 Å².